The van der Waals surface area contributed by atoms with Crippen LogP contribution in [0.25, 0.3) is 5.65 Å². The maximum absolute atomic E-state index is 13.0. The first-order chi connectivity index (χ1) is 14.0. The van der Waals surface area contributed by atoms with Crippen molar-refractivity contribution in [3.8, 4) is 0 Å². The summed E-state index contributed by atoms with van der Waals surface area (Å²) in [5.74, 6) is 0.747. The fourth-order valence-corrected chi connectivity index (χ4v) is 4.50. The molecular weight excluding hydrogens is 364 g/mol. The normalized spacial score (nSPS) is 21.5. The van der Waals surface area contributed by atoms with Gasteiger partial charge in [-0.2, -0.15) is 5.10 Å². The molecule has 1 fully saturated rings. The number of anilines is 1. The molecule has 0 radical (unpaired) electrons. The summed E-state index contributed by atoms with van der Waals surface area (Å²) in [5.41, 5.74) is 3.02. The summed E-state index contributed by atoms with van der Waals surface area (Å²) in [5, 5.41) is 7.50. The highest BCUT2D eigenvalue weighted by Crippen LogP contribution is 2.35. The minimum absolute atomic E-state index is 0.124. The van der Waals surface area contributed by atoms with Crippen LogP contribution in [0, 0.1) is 0 Å². The van der Waals surface area contributed by atoms with E-state index in [4.69, 9.17) is 9.97 Å². The molecule has 1 saturated heterocycles. The molecule has 3 aromatic rings. The predicted molar refractivity (Wildman–Crippen MR) is 111 cm³/mol. The van der Waals surface area contributed by atoms with E-state index >= 15 is 0 Å². The lowest BCUT2D eigenvalue weighted by Crippen LogP contribution is -2.43. The fourth-order valence-electron chi connectivity index (χ4n) is 4.50. The number of hydrogen-bond donors (Lipinski definition) is 1. The average molecular weight is 390 g/mol. The molecule has 0 saturated carbocycles. The Hall–Kier alpha value is -2.96. The maximum atomic E-state index is 13.0. The zero-order chi connectivity index (χ0) is 20.0. The van der Waals surface area contributed by atoms with E-state index in [1.165, 1.54) is 0 Å². The van der Waals surface area contributed by atoms with Crippen molar-refractivity contribution in [2.75, 3.05) is 11.4 Å². The number of pyridine rings is 1. The van der Waals surface area contributed by atoms with Crippen LogP contribution in [0.2, 0.25) is 0 Å². The van der Waals surface area contributed by atoms with Crippen LogP contribution in [-0.4, -0.2) is 37.6 Å². The summed E-state index contributed by atoms with van der Waals surface area (Å²) in [6.45, 7) is 5.06. The van der Waals surface area contributed by atoms with Crippen molar-refractivity contribution in [1.82, 2.24) is 24.9 Å². The molecule has 7 nitrogen and oxygen atoms in total. The van der Waals surface area contributed by atoms with E-state index in [1.54, 1.807) is 10.7 Å². The number of rotatable bonds is 0. The second kappa shape index (κ2) is 6.83. The molecule has 0 spiro atoms. The molecule has 7 heteroatoms. The van der Waals surface area contributed by atoms with Crippen LogP contribution in [0.3, 0.4) is 0 Å². The number of nitrogens with zero attached hydrogens (tertiary/aromatic N) is 5. The number of carbonyl (C=O) groups is 1. The third kappa shape index (κ3) is 3.34. The Labute approximate surface area is 170 Å². The zero-order valence-electron chi connectivity index (χ0n) is 16.9. The van der Waals surface area contributed by atoms with Crippen molar-refractivity contribution in [1.29, 1.82) is 0 Å². The number of amides is 1. The Morgan fingerprint density at radius 2 is 2.07 bits per heavy atom. The zero-order valence-corrected chi connectivity index (χ0v) is 16.9. The van der Waals surface area contributed by atoms with Crippen LogP contribution < -0.4 is 10.2 Å². The Bertz CT molecular complexity index is 1070. The van der Waals surface area contributed by atoms with E-state index in [1.807, 2.05) is 12.3 Å². The highest BCUT2D eigenvalue weighted by molar-refractivity contribution is 6.00. The first kappa shape index (κ1) is 18.1. The first-order valence-corrected chi connectivity index (χ1v) is 10.4. The molecule has 5 rings (SSSR count). The van der Waals surface area contributed by atoms with E-state index < -0.39 is 0 Å². The van der Waals surface area contributed by atoms with Gasteiger partial charge in [0.2, 0.25) is 0 Å². The SMILES string of the molecule is CC1(C)CCCc2cccc(n2)[C@H]2CCCN2c2ccn3ncc(c3n2)C(=O)N1. The molecule has 1 amide bonds. The molecule has 0 unspecified atom stereocenters. The van der Waals surface area contributed by atoms with Gasteiger partial charge >= 0.3 is 0 Å². The summed E-state index contributed by atoms with van der Waals surface area (Å²) in [6.07, 6.45) is 8.40. The number of carbonyl (C=O) groups excluding carboxylic acids is 1. The Morgan fingerprint density at radius 1 is 1.17 bits per heavy atom. The third-order valence-electron chi connectivity index (χ3n) is 6.00. The van der Waals surface area contributed by atoms with Crippen LogP contribution in [0.4, 0.5) is 5.82 Å². The van der Waals surface area contributed by atoms with Gasteiger partial charge in [-0.05, 0) is 64.2 Å². The van der Waals surface area contributed by atoms with Crippen LogP contribution in [0.1, 0.15) is 67.3 Å². The molecule has 2 aliphatic rings. The first-order valence-electron chi connectivity index (χ1n) is 10.4. The summed E-state index contributed by atoms with van der Waals surface area (Å²) >= 11 is 0. The van der Waals surface area contributed by atoms with E-state index in [0.717, 1.165) is 55.9 Å². The van der Waals surface area contributed by atoms with Crippen molar-refractivity contribution in [2.24, 2.45) is 0 Å². The Balaban J connectivity index is 1.64. The van der Waals surface area contributed by atoms with Crippen LogP contribution in [-0.2, 0) is 6.42 Å². The van der Waals surface area contributed by atoms with Gasteiger partial charge in [-0.3, -0.25) is 9.78 Å². The van der Waals surface area contributed by atoms with E-state index in [0.29, 0.717) is 11.2 Å². The van der Waals surface area contributed by atoms with E-state index in [9.17, 15) is 4.79 Å². The molecule has 3 aromatic heterocycles. The van der Waals surface area contributed by atoms with Gasteiger partial charge in [0.15, 0.2) is 5.65 Å². The lowest BCUT2D eigenvalue weighted by Gasteiger charge is -2.26. The molecular formula is C22H26N6O. The van der Waals surface area contributed by atoms with E-state index in [-0.39, 0.29) is 17.5 Å². The van der Waals surface area contributed by atoms with Gasteiger partial charge in [0.05, 0.1) is 17.9 Å². The minimum Gasteiger partial charge on any atom is -0.348 e. The molecule has 29 heavy (non-hydrogen) atoms. The highest BCUT2D eigenvalue weighted by atomic mass is 16.1. The largest absolute Gasteiger partial charge is 0.348 e. The number of nitrogens with one attached hydrogen (secondary N) is 1. The summed E-state index contributed by atoms with van der Waals surface area (Å²) < 4.78 is 1.67. The molecule has 150 valence electrons. The topological polar surface area (TPSA) is 75.4 Å². The molecule has 1 atom stereocenters. The summed E-state index contributed by atoms with van der Waals surface area (Å²) in [6, 6.07) is 8.54. The smallest absolute Gasteiger partial charge is 0.257 e. The van der Waals surface area contributed by atoms with Gasteiger partial charge in [-0.15, -0.1) is 0 Å². The van der Waals surface area contributed by atoms with Gasteiger partial charge in [0.1, 0.15) is 11.4 Å². The van der Waals surface area contributed by atoms with Crippen molar-refractivity contribution in [2.45, 2.75) is 57.5 Å². The molecule has 5 heterocycles. The van der Waals surface area contributed by atoms with Crippen LogP contribution in [0.5, 0.6) is 0 Å². The van der Waals surface area contributed by atoms with Crippen molar-refractivity contribution in [3.05, 3.63) is 53.6 Å². The average Bonchev–Trinajstić information content (AvgIpc) is 3.33. The van der Waals surface area contributed by atoms with Crippen molar-refractivity contribution < 1.29 is 4.79 Å². The monoisotopic (exact) mass is 390 g/mol. The lowest BCUT2D eigenvalue weighted by molar-refractivity contribution is 0.0910. The molecule has 1 N–H and O–H groups in total. The lowest BCUT2D eigenvalue weighted by atomic mass is 9.96. The number of fused-ring (bicyclic) bond motifs is 6. The number of aryl methyl sites for hydroxylation is 1. The quantitative estimate of drug-likeness (QED) is 0.637. The van der Waals surface area contributed by atoms with Gasteiger partial charge < -0.3 is 10.2 Å². The van der Waals surface area contributed by atoms with Crippen molar-refractivity contribution in [3.63, 3.8) is 0 Å². The highest BCUT2D eigenvalue weighted by Gasteiger charge is 2.30. The fraction of sp³-hybridized carbons (Fsp3) is 0.455. The Morgan fingerprint density at radius 3 is 2.97 bits per heavy atom. The van der Waals surface area contributed by atoms with Crippen LogP contribution >= 0.6 is 0 Å². The molecule has 0 aromatic carbocycles. The predicted octanol–water partition coefficient (Wildman–Crippen LogP) is 3.31. The van der Waals surface area contributed by atoms with Gasteiger partial charge in [-0.1, -0.05) is 6.07 Å². The number of aromatic nitrogens is 4. The van der Waals surface area contributed by atoms with Crippen molar-refractivity contribution >= 4 is 17.4 Å². The van der Waals surface area contributed by atoms with E-state index in [2.05, 4.69) is 47.4 Å². The molecule has 2 aliphatic heterocycles. The number of hydrogen-bond acceptors (Lipinski definition) is 5. The molecule has 4 bridgehead atoms. The van der Waals surface area contributed by atoms with Crippen LogP contribution in [0.15, 0.2) is 36.7 Å². The second-order valence-corrected chi connectivity index (χ2v) is 8.71. The summed E-state index contributed by atoms with van der Waals surface area (Å²) in [7, 11) is 0. The van der Waals surface area contributed by atoms with Gasteiger partial charge in [0.25, 0.3) is 5.91 Å². The summed E-state index contributed by atoms with van der Waals surface area (Å²) in [4.78, 5) is 25.1. The third-order valence-corrected chi connectivity index (χ3v) is 6.00. The maximum Gasteiger partial charge on any atom is 0.257 e. The molecule has 0 aliphatic carbocycles. The second-order valence-electron chi connectivity index (χ2n) is 8.71. The Kier molecular flexibility index (Phi) is 4.26. The van der Waals surface area contributed by atoms with Gasteiger partial charge in [-0.25, -0.2) is 9.50 Å². The standard InChI is InChI=1S/C22H26N6O/c1-22(2)11-4-7-15-6-3-8-17(24-15)18-9-5-12-27(18)19-10-13-28-20(25-19)16(14-23-28)21(29)26-22/h3,6,8,10,13-14,18H,4-5,7,9,11-12H2,1-2H3,(H,26,29)/t18-/m1/s1. The minimum atomic E-state index is -0.319. The van der Waals surface area contributed by atoms with Gasteiger partial charge in [0, 0.05) is 24.0 Å².